The second kappa shape index (κ2) is 5.46. The summed E-state index contributed by atoms with van der Waals surface area (Å²) >= 11 is 5.86. The highest BCUT2D eigenvalue weighted by atomic mass is 35.5. The van der Waals surface area contributed by atoms with Crippen molar-refractivity contribution in [3.8, 4) is 0 Å². The van der Waals surface area contributed by atoms with Gasteiger partial charge >= 0.3 is 0 Å². The van der Waals surface area contributed by atoms with Crippen molar-refractivity contribution in [1.29, 1.82) is 0 Å². The first-order valence-corrected chi connectivity index (χ1v) is 5.66. The van der Waals surface area contributed by atoms with Crippen LogP contribution >= 0.6 is 11.6 Å². The first-order chi connectivity index (χ1) is 8.25. The molecule has 1 nitrogen and oxygen atoms in total. The van der Waals surface area contributed by atoms with Crippen molar-refractivity contribution < 1.29 is 4.79 Å². The molecule has 0 amide bonds. The van der Waals surface area contributed by atoms with Gasteiger partial charge in [-0.3, -0.25) is 4.79 Å². The van der Waals surface area contributed by atoms with E-state index in [0.717, 1.165) is 5.56 Å². The molecule has 0 saturated heterocycles. The van der Waals surface area contributed by atoms with Crippen LogP contribution in [0, 0.1) is 0 Å². The lowest BCUT2D eigenvalue weighted by Crippen LogP contribution is -1.92. The topological polar surface area (TPSA) is 17.1 Å². The van der Waals surface area contributed by atoms with Crippen LogP contribution < -0.4 is 0 Å². The fraction of sp³-hybridized carbons (Fsp3) is 0. The fourth-order valence-electron chi connectivity index (χ4n) is 1.48. The number of carbonyl (C=O) groups excluding carboxylic acids is 1. The number of ketones is 1. The van der Waals surface area contributed by atoms with Gasteiger partial charge in [0.1, 0.15) is 0 Å². The van der Waals surface area contributed by atoms with Gasteiger partial charge in [-0.2, -0.15) is 0 Å². The van der Waals surface area contributed by atoms with Gasteiger partial charge in [-0.05, 0) is 23.8 Å². The van der Waals surface area contributed by atoms with E-state index in [9.17, 15) is 4.79 Å². The monoisotopic (exact) mass is 242 g/mol. The molecule has 0 aliphatic heterocycles. The Morgan fingerprint density at radius 1 is 1.00 bits per heavy atom. The maximum atomic E-state index is 11.8. The average Bonchev–Trinajstić information content (AvgIpc) is 2.37. The highest BCUT2D eigenvalue weighted by Gasteiger charge is 1.99. The van der Waals surface area contributed by atoms with E-state index in [2.05, 4.69) is 0 Å². The molecular formula is C15H11ClO. The molecule has 0 unspecified atom stereocenters. The van der Waals surface area contributed by atoms with Crippen molar-refractivity contribution in [2.75, 3.05) is 0 Å². The second-order valence-corrected chi connectivity index (χ2v) is 4.06. The first kappa shape index (κ1) is 11.6. The van der Waals surface area contributed by atoms with E-state index in [4.69, 9.17) is 11.6 Å². The highest BCUT2D eigenvalue weighted by molar-refractivity contribution is 6.30. The number of carbonyl (C=O) groups is 1. The summed E-state index contributed by atoms with van der Waals surface area (Å²) in [6.45, 7) is 0. The van der Waals surface area contributed by atoms with Gasteiger partial charge in [0, 0.05) is 10.6 Å². The van der Waals surface area contributed by atoms with Crippen LogP contribution in [-0.4, -0.2) is 5.78 Å². The standard InChI is InChI=1S/C15H11ClO/c16-14-8-4-5-12(11-14)9-10-15(17)13-6-2-1-3-7-13/h1-11H/b10-9+. The molecule has 2 rings (SSSR count). The van der Waals surface area contributed by atoms with Crippen LogP contribution in [0.25, 0.3) is 6.08 Å². The van der Waals surface area contributed by atoms with Crippen LogP contribution in [0.1, 0.15) is 15.9 Å². The number of hydrogen-bond acceptors (Lipinski definition) is 1. The fourth-order valence-corrected chi connectivity index (χ4v) is 1.68. The van der Waals surface area contributed by atoms with Gasteiger partial charge in [0.05, 0.1) is 0 Å². The Bertz CT molecular complexity index is 544. The molecule has 0 aliphatic carbocycles. The Kier molecular flexibility index (Phi) is 3.73. The Morgan fingerprint density at radius 3 is 2.47 bits per heavy atom. The lowest BCUT2D eigenvalue weighted by Gasteiger charge is -1.95. The van der Waals surface area contributed by atoms with Crippen molar-refractivity contribution in [3.63, 3.8) is 0 Å². The van der Waals surface area contributed by atoms with Crippen molar-refractivity contribution in [2.45, 2.75) is 0 Å². The Morgan fingerprint density at radius 2 is 1.76 bits per heavy atom. The van der Waals surface area contributed by atoms with Crippen molar-refractivity contribution in [3.05, 3.63) is 76.8 Å². The molecule has 17 heavy (non-hydrogen) atoms. The predicted octanol–water partition coefficient (Wildman–Crippen LogP) is 4.24. The van der Waals surface area contributed by atoms with E-state index in [0.29, 0.717) is 10.6 Å². The van der Waals surface area contributed by atoms with Gasteiger partial charge in [-0.15, -0.1) is 0 Å². The number of rotatable bonds is 3. The van der Waals surface area contributed by atoms with Crippen LogP contribution in [-0.2, 0) is 0 Å². The van der Waals surface area contributed by atoms with Crippen molar-refractivity contribution in [1.82, 2.24) is 0 Å². The summed E-state index contributed by atoms with van der Waals surface area (Å²) in [5, 5.41) is 0.666. The van der Waals surface area contributed by atoms with E-state index in [1.807, 2.05) is 36.4 Å². The molecule has 0 aliphatic rings. The minimum absolute atomic E-state index is 0.00873. The van der Waals surface area contributed by atoms with Gasteiger partial charge in [-0.1, -0.05) is 60.1 Å². The zero-order chi connectivity index (χ0) is 12.1. The van der Waals surface area contributed by atoms with E-state index in [1.165, 1.54) is 0 Å². The normalized spacial score (nSPS) is 10.6. The molecule has 0 heterocycles. The third kappa shape index (κ3) is 3.30. The molecule has 0 spiro atoms. The molecule has 84 valence electrons. The molecule has 0 radical (unpaired) electrons. The van der Waals surface area contributed by atoms with Crippen LogP contribution in [0.15, 0.2) is 60.7 Å². The van der Waals surface area contributed by atoms with Crippen LogP contribution in [0.4, 0.5) is 0 Å². The van der Waals surface area contributed by atoms with Gasteiger partial charge in [0.2, 0.25) is 0 Å². The summed E-state index contributed by atoms with van der Waals surface area (Å²) < 4.78 is 0. The molecule has 0 fully saturated rings. The summed E-state index contributed by atoms with van der Waals surface area (Å²) in [5.41, 5.74) is 1.60. The quantitative estimate of drug-likeness (QED) is 0.581. The van der Waals surface area contributed by atoms with E-state index < -0.39 is 0 Å². The largest absolute Gasteiger partial charge is 0.289 e. The van der Waals surface area contributed by atoms with Crippen LogP contribution in [0.5, 0.6) is 0 Å². The Balaban J connectivity index is 2.14. The SMILES string of the molecule is O=C(/C=C/c1cccc(Cl)c1)c1ccccc1. The average molecular weight is 243 g/mol. The molecule has 0 saturated carbocycles. The predicted molar refractivity (Wildman–Crippen MR) is 71.3 cm³/mol. The number of allylic oxidation sites excluding steroid dienone is 1. The minimum atomic E-state index is -0.00873. The lowest BCUT2D eigenvalue weighted by atomic mass is 10.1. The second-order valence-electron chi connectivity index (χ2n) is 3.62. The molecular weight excluding hydrogens is 232 g/mol. The van der Waals surface area contributed by atoms with E-state index >= 15 is 0 Å². The van der Waals surface area contributed by atoms with E-state index in [-0.39, 0.29) is 5.78 Å². The minimum Gasteiger partial charge on any atom is -0.289 e. The summed E-state index contributed by atoms with van der Waals surface area (Å²) in [6.07, 6.45) is 3.32. The lowest BCUT2D eigenvalue weighted by molar-refractivity contribution is 0.104. The van der Waals surface area contributed by atoms with Crippen LogP contribution in [0.3, 0.4) is 0 Å². The molecule has 0 aromatic heterocycles. The zero-order valence-corrected chi connectivity index (χ0v) is 9.89. The number of halogens is 1. The van der Waals surface area contributed by atoms with E-state index in [1.54, 1.807) is 30.4 Å². The summed E-state index contributed by atoms with van der Waals surface area (Å²) in [7, 11) is 0. The van der Waals surface area contributed by atoms with Gasteiger partial charge in [-0.25, -0.2) is 0 Å². The Hall–Kier alpha value is -1.86. The van der Waals surface area contributed by atoms with Crippen molar-refractivity contribution in [2.24, 2.45) is 0 Å². The van der Waals surface area contributed by atoms with Gasteiger partial charge < -0.3 is 0 Å². The smallest absolute Gasteiger partial charge is 0.185 e. The van der Waals surface area contributed by atoms with Gasteiger partial charge in [0.15, 0.2) is 5.78 Å². The maximum Gasteiger partial charge on any atom is 0.185 e. The zero-order valence-electron chi connectivity index (χ0n) is 9.14. The maximum absolute atomic E-state index is 11.8. The summed E-state index contributed by atoms with van der Waals surface area (Å²) in [5.74, 6) is -0.00873. The molecule has 0 bridgehead atoms. The van der Waals surface area contributed by atoms with Crippen molar-refractivity contribution >= 4 is 23.5 Å². The molecule has 2 heteroatoms. The highest BCUT2D eigenvalue weighted by Crippen LogP contribution is 2.12. The summed E-state index contributed by atoms with van der Waals surface area (Å²) in [4.78, 5) is 11.8. The molecule has 0 atom stereocenters. The summed E-state index contributed by atoms with van der Waals surface area (Å²) in [6, 6.07) is 16.6. The molecule has 2 aromatic carbocycles. The third-order valence-corrected chi connectivity index (χ3v) is 2.57. The number of benzene rings is 2. The van der Waals surface area contributed by atoms with Crippen LogP contribution in [0.2, 0.25) is 5.02 Å². The third-order valence-electron chi connectivity index (χ3n) is 2.33. The van der Waals surface area contributed by atoms with Gasteiger partial charge in [0.25, 0.3) is 0 Å². The first-order valence-electron chi connectivity index (χ1n) is 5.29. The Labute approximate surface area is 105 Å². The molecule has 0 N–H and O–H groups in total. The molecule has 2 aromatic rings. The number of hydrogen-bond donors (Lipinski definition) is 0.